The van der Waals surface area contributed by atoms with E-state index in [-0.39, 0.29) is 17.3 Å². The highest BCUT2D eigenvalue weighted by Crippen LogP contribution is 2.30. The molecule has 1 aromatic carbocycles. The van der Waals surface area contributed by atoms with Crippen LogP contribution in [0.1, 0.15) is 0 Å². The third-order valence-corrected chi connectivity index (χ3v) is 2.95. The van der Waals surface area contributed by atoms with E-state index in [1.54, 1.807) is 0 Å². The summed E-state index contributed by atoms with van der Waals surface area (Å²) in [5.41, 5.74) is -0.165. The number of benzene rings is 1. The number of nitrogens with zero attached hydrogens (tertiary/aromatic N) is 2. The van der Waals surface area contributed by atoms with Crippen LogP contribution >= 0.6 is 31.9 Å². The molecule has 0 aliphatic carbocycles. The van der Waals surface area contributed by atoms with Crippen LogP contribution in [0.15, 0.2) is 39.4 Å². The lowest BCUT2D eigenvalue weighted by atomic mass is 10.3. The monoisotopic (exact) mass is 390 g/mol. The number of ether oxygens (including phenoxy) is 1. The van der Waals surface area contributed by atoms with Crippen molar-refractivity contribution in [3.05, 3.63) is 55.3 Å². The molecule has 0 saturated heterocycles. The topological polar surface area (TPSA) is 65.3 Å². The summed E-state index contributed by atoms with van der Waals surface area (Å²) in [6, 6.07) is 5.18. The third-order valence-electron chi connectivity index (χ3n) is 2.06. The molecule has 1 aromatic heterocycles. The van der Waals surface area contributed by atoms with E-state index in [1.165, 1.54) is 30.5 Å². The van der Waals surface area contributed by atoms with Crippen LogP contribution in [0.25, 0.3) is 0 Å². The number of rotatable bonds is 3. The van der Waals surface area contributed by atoms with E-state index in [1.807, 2.05) is 0 Å². The third kappa shape index (κ3) is 3.48. The Labute approximate surface area is 123 Å². The number of nitro groups is 1. The van der Waals surface area contributed by atoms with Crippen LogP contribution in [0.2, 0.25) is 0 Å². The van der Waals surface area contributed by atoms with Crippen molar-refractivity contribution in [2.45, 2.75) is 0 Å². The smallest absolute Gasteiger partial charge is 0.274 e. The first-order chi connectivity index (χ1) is 8.95. The summed E-state index contributed by atoms with van der Waals surface area (Å²) in [7, 11) is 0. The summed E-state index contributed by atoms with van der Waals surface area (Å²) in [4.78, 5) is 13.9. The van der Waals surface area contributed by atoms with Gasteiger partial charge in [0.15, 0.2) is 5.82 Å². The second-order valence-electron chi connectivity index (χ2n) is 3.44. The number of hydrogen-bond acceptors (Lipinski definition) is 4. The fourth-order valence-electron chi connectivity index (χ4n) is 1.30. The molecule has 2 rings (SSSR count). The Morgan fingerprint density at radius 3 is 2.58 bits per heavy atom. The predicted molar refractivity (Wildman–Crippen MR) is 72.8 cm³/mol. The van der Waals surface area contributed by atoms with E-state index in [4.69, 9.17) is 4.74 Å². The van der Waals surface area contributed by atoms with Crippen molar-refractivity contribution in [2.24, 2.45) is 0 Å². The van der Waals surface area contributed by atoms with Gasteiger partial charge in [-0.15, -0.1) is 0 Å². The van der Waals surface area contributed by atoms with Crippen molar-refractivity contribution >= 4 is 37.5 Å². The minimum absolute atomic E-state index is 0.120. The Balaban J connectivity index is 2.35. The molecule has 1 heterocycles. The molecule has 8 heteroatoms. The molecular formula is C11H5Br2FN2O3. The highest BCUT2D eigenvalue weighted by molar-refractivity contribution is 9.10. The first-order valence-electron chi connectivity index (χ1n) is 4.89. The highest BCUT2D eigenvalue weighted by atomic mass is 79.9. The van der Waals surface area contributed by atoms with Gasteiger partial charge in [0, 0.05) is 21.2 Å². The zero-order chi connectivity index (χ0) is 14.0. The summed E-state index contributed by atoms with van der Waals surface area (Å²) in [5, 5.41) is 10.7. The zero-order valence-corrected chi connectivity index (χ0v) is 12.3. The fraction of sp³-hybridized carbons (Fsp3) is 0. The second-order valence-corrected chi connectivity index (χ2v) is 5.28. The molecular weight excluding hydrogens is 387 g/mol. The van der Waals surface area contributed by atoms with Gasteiger partial charge < -0.3 is 4.74 Å². The van der Waals surface area contributed by atoms with Crippen LogP contribution < -0.4 is 4.74 Å². The van der Waals surface area contributed by atoms with Crippen molar-refractivity contribution in [1.29, 1.82) is 0 Å². The van der Waals surface area contributed by atoms with Crippen LogP contribution in [0.4, 0.5) is 10.1 Å². The molecule has 0 spiro atoms. The lowest BCUT2D eigenvalue weighted by Gasteiger charge is -2.06. The number of halogens is 3. The molecule has 0 aliphatic rings. The van der Waals surface area contributed by atoms with Crippen molar-refractivity contribution in [1.82, 2.24) is 4.98 Å². The number of pyridine rings is 1. The predicted octanol–water partition coefficient (Wildman–Crippen LogP) is 4.45. The average Bonchev–Trinajstić information content (AvgIpc) is 2.32. The fourth-order valence-corrected chi connectivity index (χ4v) is 2.06. The van der Waals surface area contributed by atoms with E-state index >= 15 is 0 Å². The maximum Gasteiger partial charge on any atom is 0.274 e. The van der Waals surface area contributed by atoms with Gasteiger partial charge in [-0.1, -0.05) is 15.9 Å². The molecule has 19 heavy (non-hydrogen) atoms. The molecule has 98 valence electrons. The minimum atomic E-state index is -0.669. The molecule has 0 amide bonds. The normalized spacial score (nSPS) is 10.3. The molecule has 0 unspecified atom stereocenters. The summed E-state index contributed by atoms with van der Waals surface area (Å²) < 4.78 is 19.7. The largest absolute Gasteiger partial charge is 0.436 e. The van der Waals surface area contributed by atoms with Crippen LogP contribution in [0, 0.1) is 15.9 Å². The minimum Gasteiger partial charge on any atom is -0.436 e. The van der Waals surface area contributed by atoms with Gasteiger partial charge in [0.1, 0.15) is 5.75 Å². The lowest BCUT2D eigenvalue weighted by Crippen LogP contribution is -1.94. The van der Waals surface area contributed by atoms with Gasteiger partial charge in [-0.25, -0.2) is 9.37 Å². The van der Waals surface area contributed by atoms with Gasteiger partial charge in [-0.05, 0) is 28.1 Å². The van der Waals surface area contributed by atoms with Crippen molar-refractivity contribution < 1.29 is 14.1 Å². The van der Waals surface area contributed by atoms with Gasteiger partial charge in [0.25, 0.3) is 11.6 Å². The Hall–Kier alpha value is -1.54. The number of hydrogen-bond donors (Lipinski definition) is 0. The first-order valence-corrected chi connectivity index (χ1v) is 6.48. The Morgan fingerprint density at radius 1 is 1.21 bits per heavy atom. The molecule has 0 saturated carbocycles. The summed E-state index contributed by atoms with van der Waals surface area (Å²) >= 11 is 6.19. The molecule has 0 N–H and O–H groups in total. The van der Waals surface area contributed by atoms with E-state index in [2.05, 4.69) is 36.8 Å². The molecule has 0 radical (unpaired) electrons. The summed E-state index contributed by atoms with van der Waals surface area (Å²) in [6.07, 6.45) is 1.37. The molecule has 0 bridgehead atoms. The standard InChI is InChI=1S/C11H5Br2FN2O3/c12-6-1-8(16(17)18)4-9(2-6)19-11-10(14)3-7(13)5-15-11/h1-5H. The molecule has 0 aliphatic heterocycles. The van der Waals surface area contributed by atoms with Crippen LogP contribution in [-0.4, -0.2) is 9.91 Å². The van der Waals surface area contributed by atoms with Crippen LogP contribution in [0.3, 0.4) is 0 Å². The lowest BCUT2D eigenvalue weighted by molar-refractivity contribution is -0.385. The Kier molecular flexibility index (Phi) is 4.11. The highest BCUT2D eigenvalue weighted by Gasteiger charge is 2.12. The van der Waals surface area contributed by atoms with Gasteiger partial charge in [0.05, 0.1) is 11.0 Å². The molecule has 0 fully saturated rings. The van der Waals surface area contributed by atoms with E-state index < -0.39 is 10.7 Å². The second kappa shape index (κ2) is 5.62. The first kappa shape index (κ1) is 13.9. The Bertz CT molecular complexity index is 652. The van der Waals surface area contributed by atoms with Gasteiger partial charge in [-0.2, -0.15) is 0 Å². The number of non-ortho nitro benzene ring substituents is 1. The summed E-state index contributed by atoms with van der Waals surface area (Å²) in [5.74, 6) is -0.803. The SMILES string of the molecule is O=[N+]([O-])c1cc(Br)cc(Oc2ncc(Br)cc2F)c1. The van der Waals surface area contributed by atoms with Crippen LogP contribution in [-0.2, 0) is 0 Å². The average molecular weight is 392 g/mol. The van der Waals surface area contributed by atoms with Gasteiger partial charge >= 0.3 is 0 Å². The molecule has 5 nitrogen and oxygen atoms in total. The summed E-state index contributed by atoms with van der Waals surface area (Å²) in [6.45, 7) is 0. The number of aromatic nitrogens is 1. The quantitative estimate of drug-likeness (QED) is 0.572. The van der Waals surface area contributed by atoms with Gasteiger partial charge in [-0.3, -0.25) is 10.1 Å². The van der Waals surface area contributed by atoms with E-state index in [0.29, 0.717) is 8.95 Å². The van der Waals surface area contributed by atoms with Crippen LogP contribution in [0.5, 0.6) is 11.6 Å². The zero-order valence-electron chi connectivity index (χ0n) is 9.14. The number of nitro benzene ring substituents is 1. The van der Waals surface area contributed by atoms with Gasteiger partial charge in [0.2, 0.25) is 0 Å². The molecule has 2 aromatic rings. The molecule has 0 atom stereocenters. The Morgan fingerprint density at radius 2 is 1.95 bits per heavy atom. The van der Waals surface area contributed by atoms with Crippen molar-refractivity contribution in [2.75, 3.05) is 0 Å². The maximum absolute atomic E-state index is 13.5. The maximum atomic E-state index is 13.5. The van der Waals surface area contributed by atoms with E-state index in [0.717, 1.165) is 0 Å². The van der Waals surface area contributed by atoms with Crippen molar-refractivity contribution in [3.8, 4) is 11.6 Å². The van der Waals surface area contributed by atoms with E-state index in [9.17, 15) is 14.5 Å². The van der Waals surface area contributed by atoms with Crippen molar-refractivity contribution in [3.63, 3.8) is 0 Å².